The van der Waals surface area contributed by atoms with Gasteiger partial charge in [-0.15, -0.1) is 0 Å². The molecule has 1 amide bonds. The van der Waals surface area contributed by atoms with Gasteiger partial charge < -0.3 is 28.9 Å². The molecule has 0 radical (unpaired) electrons. The van der Waals surface area contributed by atoms with Gasteiger partial charge in [-0.2, -0.15) is 0 Å². The summed E-state index contributed by atoms with van der Waals surface area (Å²) in [6.45, 7) is 1.02. The number of nitrogens with one attached hydrogen (secondary N) is 1. The Kier molecular flexibility index (Phi) is 8.86. The van der Waals surface area contributed by atoms with E-state index in [2.05, 4.69) is 15.5 Å². The van der Waals surface area contributed by atoms with E-state index in [4.69, 9.17) is 18.7 Å². The van der Waals surface area contributed by atoms with Crippen LogP contribution in [-0.4, -0.2) is 71.2 Å². The molecule has 2 aromatic heterocycles. The highest BCUT2D eigenvalue weighted by Gasteiger charge is 2.37. The maximum absolute atomic E-state index is 13.5. The van der Waals surface area contributed by atoms with Crippen LogP contribution in [0.5, 0.6) is 10.8 Å². The van der Waals surface area contributed by atoms with Gasteiger partial charge in [-0.05, 0) is 67.6 Å². The maximum Gasteiger partial charge on any atom is 0.375 e. The highest BCUT2D eigenvalue weighted by Crippen LogP contribution is 2.36. The number of carboxylic acids is 2. The average Bonchev–Trinajstić information content (AvgIpc) is 3.68. The number of anilines is 1. The van der Waals surface area contributed by atoms with Crippen molar-refractivity contribution in [1.29, 1.82) is 0 Å². The Balaban J connectivity index is 1.15. The second-order valence-corrected chi connectivity index (χ2v) is 13.8. The van der Waals surface area contributed by atoms with Gasteiger partial charge in [0.05, 0.1) is 22.4 Å². The van der Waals surface area contributed by atoms with E-state index in [-0.39, 0.29) is 27.1 Å². The first-order valence-electron chi connectivity index (χ1n) is 14.2. The number of sulfone groups is 1. The number of carboxylic acid groups (broad SMARTS) is 2. The van der Waals surface area contributed by atoms with Crippen LogP contribution in [0.25, 0.3) is 11.3 Å². The second kappa shape index (κ2) is 13.0. The Labute approximate surface area is 265 Å². The van der Waals surface area contributed by atoms with Crippen molar-refractivity contribution in [2.45, 2.75) is 48.0 Å². The van der Waals surface area contributed by atoms with Crippen LogP contribution in [-0.2, 0) is 24.1 Å². The number of hydrogen-bond donors (Lipinski definition) is 3. The molecule has 2 aliphatic rings. The SMILES string of the molecule is O=C(O)c1onc(-c2ccc(Oc3cnc(NC(=O)C(OC4CCOCC4)c4ccc(S(=O)(=O)C5CC5)cc4)s3)cc2)c1C(=O)O. The fraction of sp³-hybridized carbons (Fsp3) is 0.300. The fourth-order valence-electron chi connectivity index (χ4n) is 4.86. The molecule has 2 fully saturated rings. The predicted octanol–water partition coefficient (Wildman–Crippen LogP) is 4.80. The van der Waals surface area contributed by atoms with Crippen molar-refractivity contribution in [3.63, 3.8) is 0 Å². The van der Waals surface area contributed by atoms with E-state index < -0.39 is 45.1 Å². The van der Waals surface area contributed by atoms with Crippen LogP contribution in [0.3, 0.4) is 0 Å². The smallest absolute Gasteiger partial charge is 0.375 e. The summed E-state index contributed by atoms with van der Waals surface area (Å²) < 4.78 is 47.5. The lowest BCUT2D eigenvalue weighted by Crippen LogP contribution is -2.31. The summed E-state index contributed by atoms with van der Waals surface area (Å²) in [5.41, 5.74) is 0.0887. The van der Waals surface area contributed by atoms with Gasteiger partial charge in [-0.25, -0.2) is 23.0 Å². The van der Waals surface area contributed by atoms with Gasteiger partial charge in [-0.3, -0.25) is 10.1 Å². The van der Waals surface area contributed by atoms with Crippen molar-refractivity contribution < 1.29 is 51.7 Å². The minimum Gasteiger partial charge on any atom is -0.477 e. The number of aromatic carboxylic acids is 2. The minimum absolute atomic E-state index is 0.143. The van der Waals surface area contributed by atoms with E-state index in [1.807, 2.05) is 0 Å². The van der Waals surface area contributed by atoms with Gasteiger partial charge in [-0.1, -0.05) is 28.6 Å². The molecule has 4 aromatic rings. The van der Waals surface area contributed by atoms with Crippen molar-refractivity contribution in [1.82, 2.24) is 10.1 Å². The Morgan fingerprint density at radius 1 is 0.957 bits per heavy atom. The number of hydrogen-bond acceptors (Lipinski definition) is 12. The normalized spacial score (nSPS) is 16.1. The third-order valence-electron chi connectivity index (χ3n) is 7.37. The van der Waals surface area contributed by atoms with Gasteiger partial charge in [0.15, 0.2) is 21.1 Å². The molecule has 0 spiro atoms. The predicted molar refractivity (Wildman–Crippen MR) is 161 cm³/mol. The molecule has 14 nitrogen and oxygen atoms in total. The van der Waals surface area contributed by atoms with E-state index in [0.29, 0.717) is 60.8 Å². The van der Waals surface area contributed by atoms with Gasteiger partial charge >= 0.3 is 11.9 Å². The maximum atomic E-state index is 13.5. The van der Waals surface area contributed by atoms with Crippen LogP contribution in [0.2, 0.25) is 0 Å². The molecule has 46 heavy (non-hydrogen) atoms. The second-order valence-electron chi connectivity index (χ2n) is 10.6. The summed E-state index contributed by atoms with van der Waals surface area (Å²) in [4.78, 5) is 40.8. The highest BCUT2D eigenvalue weighted by molar-refractivity contribution is 7.92. The van der Waals surface area contributed by atoms with Crippen molar-refractivity contribution >= 4 is 44.2 Å². The zero-order valence-electron chi connectivity index (χ0n) is 24.0. The third kappa shape index (κ3) is 6.79. The Morgan fingerprint density at radius 2 is 1.65 bits per heavy atom. The third-order valence-corrected chi connectivity index (χ3v) is 10.4. The lowest BCUT2D eigenvalue weighted by Gasteiger charge is -2.27. The van der Waals surface area contributed by atoms with E-state index in [0.717, 1.165) is 11.3 Å². The molecule has 16 heteroatoms. The van der Waals surface area contributed by atoms with E-state index >= 15 is 0 Å². The number of thiazole rings is 1. The first-order chi connectivity index (χ1) is 22.1. The Morgan fingerprint density at radius 3 is 2.28 bits per heavy atom. The first kappa shape index (κ1) is 31.3. The largest absolute Gasteiger partial charge is 0.477 e. The highest BCUT2D eigenvalue weighted by atomic mass is 32.2. The molecular formula is C30H27N3O11S2. The molecule has 1 aliphatic heterocycles. The van der Waals surface area contributed by atoms with Crippen molar-refractivity contribution in [2.75, 3.05) is 18.5 Å². The van der Waals surface area contributed by atoms with Crippen LogP contribution in [0.15, 0.2) is 64.1 Å². The Hall–Kier alpha value is -4.64. The monoisotopic (exact) mass is 669 g/mol. The van der Waals surface area contributed by atoms with Crippen molar-refractivity contribution in [2.24, 2.45) is 0 Å². The number of aromatic nitrogens is 2. The molecule has 0 bridgehead atoms. The fourth-order valence-corrected chi connectivity index (χ4v) is 7.21. The summed E-state index contributed by atoms with van der Waals surface area (Å²) in [7, 11) is -3.38. The summed E-state index contributed by atoms with van der Waals surface area (Å²) in [6.07, 6.45) is 2.69. The van der Waals surface area contributed by atoms with Gasteiger partial charge in [0.1, 0.15) is 17.0 Å². The summed E-state index contributed by atoms with van der Waals surface area (Å²) in [5, 5.41) is 25.2. The average molecular weight is 670 g/mol. The lowest BCUT2D eigenvalue weighted by atomic mass is 10.1. The van der Waals surface area contributed by atoms with Gasteiger partial charge in [0, 0.05) is 18.8 Å². The first-order valence-corrected chi connectivity index (χ1v) is 16.5. The molecule has 1 unspecified atom stereocenters. The zero-order valence-corrected chi connectivity index (χ0v) is 25.6. The van der Waals surface area contributed by atoms with Crippen LogP contribution in [0.1, 0.15) is 58.3 Å². The number of benzene rings is 2. The number of rotatable bonds is 12. The Bertz CT molecular complexity index is 1860. The number of carbonyl (C=O) groups is 3. The molecule has 3 N–H and O–H groups in total. The molecule has 1 aliphatic carbocycles. The van der Waals surface area contributed by atoms with Gasteiger partial charge in [0.25, 0.3) is 11.7 Å². The van der Waals surface area contributed by atoms with Crippen LogP contribution < -0.4 is 10.1 Å². The van der Waals surface area contributed by atoms with Crippen molar-refractivity contribution in [3.05, 3.63) is 71.6 Å². The topological polar surface area (TPSA) is 204 Å². The van der Waals surface area contributed by atoms with E-state index in [9.17, 15) is 33.0 Å². The molecule has 2 aromatic carbocycles. The van der Waals surface area contributed by atoms with Crippen LogP contribution in [0, 0.1) is 0 Å². The van der Waals surface area contributed by atoms with E-state index in [1.54, 1.807) is 12.1 Å². The minimum atomic E-state index is -3.38. The summed E-state index contributed by atoms with van der Waals surface area (Å²) in [5.74, 6) is -3.96. The molecule has 1 saturated heterocycles. The summed E-state index contributed by atoms with van der Waals surface area (Å²) >= 11 is 1.05. The molecule has 6 rings (SSSR count). The lowest BCUT2D eigenvalue weighted by molar-refractivity contribution is -0.136. The molecule has 1 saturated carbocycles. The zero-order chi connectivity index (χ0) is 32.4. The quantitative estimate of drug-likeness (QED) is 0.186. The number of ether oxygens (including phenoxy) is 3. The van der Waals surface area contributed by atoms with Crippen LogP contribution in [0.4, 0.5) is 5.13 Å². The molecular weight excluding hydrogens is 642 g/mol. The number of amides is 1. The van der Waals surface area contributed by atoms with Gasteiger partial charge in [0.2, 0.25) is 5.06 Å². The van der Waals surface area contributed by atoms with E-state index in [1.165, 1.54) is 42.6 Å². The molecule has 3 heterocycles. The molecule has 1 atom stereocenters. The standard InChI is InChI=1S/C30H27N3O11S2/c34-27(25(43-19-11-13-41-14-12-19)17-3-7-20(8-4-17)46(39,40)21-9-10-21)32-30-31-15-22(45-30)42-18-5-1-16(2-6-18)24-23(28(35)36)26(29(37)38)44-33-24/h1-8,15,19,21,25H,9-14H2,(H,35,36)(H,37,38)(H,31,32,34). The summed E-state index contributed by atoms with van der Waals surface area (Å²) in [6, 6.07) is 12.3. The van der Waals surface area contributed by atoms with Crippen LogP contribution >= 0.6 is 11.3 Å². The molecule has 240 valence electrons. The number of nitrogens with zero attached hydrogens (tertiary/aromatic N) is 2. The number of carbonyl (C=O) groups excluding carboxylic acids is 1. The van der Waals surface area contributed by atoms with Crippen molar-refractivity contribution in [3.8, 4) is 22.1 Å².